The second kappa shape index (κ2) is 9.89. The van der Waals surface area contributed by atoms with Gasteiger partial charge in [-0.1, -0.05) is 24.1 Å². The Kier molecular flexibility index (Phi) is 7.26. The predicted octanol–water partition coefficient (Wildman–Crippen LogP) is 3.26. The van der Waals surface area contributed by atoms with Crippen molar-refractivity contribution < 1.29 is 18.7 Å². The topological polar surface area (TPSA) is 121 Å². The van der Waals surface area contributed by atoms with Crippen LogP contribution < -0.4 is 11.5 Å². The molecule has 1 aromatic carbocycles. The van der Waals surface area contributed by atoms with Gasteiger partial charge >= 0.3 is 0 Å². The van der Waals surface area contributed by atoms with Crippen molar-refractivity contribution in [3.8, 4) is 11.5 Å². The van der Waals surface area contributed by atoms with E-state index in [-0.39, 0.29) is 12.3 Å². The highest BCUT2D eigenvalue weighted by Crippen LogP contribution is 2.35. The molecule has 3 rings (SSSR count). The molecule has 7 heteroatoms. The molecule has 30 heavy (non-hydrogen) atoms. The van der Waals surface area contributed by atoms with E-state index in [1.165, 1.54) is 0 Å². The van der Waals surface area contributed by atoms with Gasteiger partial charge < -0.3 is 20.6 Å². The van der Waals surface area contributed by atoms with Crippen LogP contribution in [0.5, 0.6) is 0 Å². The number of carbonyl (C=O) groups excluding carboxylic acids is 2. The van der Waals surface area contributed by atoms with Gasteiger partial charge in [0, 0.05) is 24.5 Å². The minimum atomic E-state index is -0.486. The fourth-order valence-corrected chi connectivity index (χ4v) is 4.35. The highest BCUT2D eigenvalue weighted by Gasteiger charge is 2.32. The lowest BCUT2D eigenvalue weighted by atomic mass is 9.74. The summed E-state index contributed by atoms with van der Waals surface area (Å²) in [4.78, 5) is 27.7. The van der Waals surface area contributed by atoms with Crippen molar-refractivity contribution in [2.45, 2.75) is 52.6 Å². The van der Waals surface area contributed by atoms with E-state index in [9.17, 15) is 9.59 Å². The van der Waals surface area contributed by atoms with Gasteiger partial charge in [-0.25, -0.2) is 4.98 Å². The standard InChI is InChI=1S/C23H31N3O4/c1-14-5-3-8-18(9-14)23-26-20(15(2)30-23)13-29-12-16-6-4-7-17(10-16)19(22(25)28)11-21(24)27/h3,5,8-9,16-17,19H,4,6-7,10-13H2,1-2H3,(H2,24,27)(H2,25,28). The van der Waals surface area contributed by atoms with Gasteiger partial charge in [0.25, 0.3) is 0 Å². The zero-order chi connectivity index (χ0) is 21.7. The summed E-state index contributed by atoms with van der Waals surface area (Å²) in [5, 5.41) is 0. The number of rotatable bonds is 9. The molecule has 1 aliphatic carbocycles. The number of nitrogens with two attached hydrogens (primary N) is 2. The van der Waals surface area contributed by atoms with Crippen molar-refractivity contribution in [3.05, 3.63) is 41.3 Å². The first kappa shape index (κ1) is 22.0. The third-order valence-electron chi connectivity index (χ3n) is 5.93. The fourth-order valence-electron chi connectivity index (χ4n) is 4.35. The van der Waals surface area contributed by atoms with Crippen LogP contribution in [0.15, 0.2) is 28.7 Å². The second-order valence-electron chi connectivity index (χ2n) is 8.38. The summed E-state index contributed by atoms with van der Waals surface area (Å²) in [6, 6.07) is 8.04. The molecule has 0 spiro atoms. The number of primary amides is 2. The highest BCUT2D eigenvalue weighted by molar-refractivity contribution is 5.84. The van der Waals surface area contributed by atoms with Crippen LogP contribution >= 0.6 is 0 Å². The van der Waals surface area contributed by atoms with E-state index in [1.54, 1.807) is 0 Å². The van der Waals surface area contributed by atoms with E-state index >= 15 is 0 Å². The molecule has 0 saturated heterocycles. The lowest BCUT2D eigenvalue weighted by molar-refractivity contribution is -0.129. The number of benzene rings is 1. The maximum Gasteiger partial charge on any atom is 0.226 e. The van der Waals surface area contributed by atoms with Crippen molar-refractivity contribution in [1.82, 2.24) is 4.98 Å². The normalized spacial score (nSPS) is 20.1. The van der Waals surface area contributed by atoms with Crippen LogP contribution in [0.3, 0.4) is 0 Å². The zero-order valence-electron chi connectivity index (χ0n) is 17.7. The predicted molar refractivity (Wildman–Crippen MR) is 113 cm³/mol. The molecule has 2 amide bonds. The van der Waals surface area contributed by atoms with Crippen LogP contribution in [0.1, 0.15) is 49.1 Å². The van der Waals surface area contributed by atoms with Crippen LogP contribution in [0.4, 0.5) is 0 Å². The van der Waals surface area contributed by atoms with Gasteiger partial charge in [0.15, 0.2) is 0 Å². The van der Waals surface area contributed by atoms with Gasteiger partial charge in [0.2, 0.25) is 17.7 Å². The van der Waals surface area contributed by atoms with E-state index in [4.69, 9.17) is 20.6 Å². The van der Waals surface area contributed by atoms with Gasteiger partial charge in [-0.3, -0.25) is 9.59 Å². The quantitative estimate of drug-likeness (QED) is 0.653. The number of hydrogen-bond acceptors (Lipinski definition) is 5. The van der Waals surface area contributed by atoms with E-state index in [0.29, 0.717) is 25.0 Å². The molecule has 4 N–H and O–H groups in total. The number of carbonyl (C=O) groups is 2. The molecule has 2 aromatic rings. The summed E-state index contributed by atoms with van der Waals surface area (Å²) >= 11 is 0. The maximum absolute atomic E-state index is 11.8. The molecular weight excluding hydrogens is 382 g/mol. The Morgan fingerprint density at radius 2 is 2.07 bits per heavy atom. The Labute approximate surface area is 177 Å². The average molecular weight is 414 g/mol. The number of oxazole rings is 1. The van der Waals surface area contributed by atoms with Gasteiger partial charge in [0.05, 0.1) is 6.61 Å². The van der Waals surface area contributed by atoms with Gasteiger partial charge in [0.1, 0.15) is 11.5 Å². The van der Waals surface area contributed by atoms with Crippen molar-refractivity contribution >= 4 is 11.8 Å². The minimum Gasteiger partial charge on any atom is -0.441 e. The van der Waals surface area contributed by atoms with Crippen molar-refractivity contribution in [1.29, 1.82) is 0 Å². The molecule has 7 nitrogen and oxygen atoms in total. The molecule has 3 atom stereocenters. The zero-order valence-corrected chi connectivity index (χ0v) is 17.7. The molecule has 0 radical (unpaired) electrons. The maximum atomic E-state index is 11.8. The largest absolute Gasteiger partial charge is 0.441 e. The van der Waals surface area contributed by atoms with Crippen LogP contribution in [-0.4, -0.2) is 23.4 Å². The Hall–Kier alpha value is -2.67. The van der Waals surface area contributed by atoms with Crippen LogP contribution in [0.25, 0.3) is 11.5 Å². The van der Waals surface area contributed by atoms with E-state index in [1.807, 2.05) is 38.1 Å². The summed E-state index contributed by atoms with van der Waals surface area (Å²) in [6.45, 7) is 4.88. The van der Waals surface area contributed by atoms with Crippen molar-refractivity contribution in [2.75, 3.05) is 6.61 Å². The van der Waals surface area contributed by atoms with Crippen LogP contribution in [0, 0.1) is 31.6 Å². The number of amides is 2. The lowest BCUT2D eigenvalue weighted by Crippen LogP contribution is -2.36. The lowest BCUT2D eigenvalue weighted by Gasteiger charge is -2.32. The van der Waals surface area contributed by atoms with Gasteiger partial charge in [-0.15, -0.1) is 0 Å². The van der Waals surface area contributed by atoms with E-state index in [2.05, 4.69) is 4.98 Å². The number of nitrogens with zero attached hydrogens (tertiary/aromatic N) is 1. The van der Waals surface area contributed by atoms with Crippen molar-refractivity contribution in [2.24, 2.45) is 29.2 Å². The number of aromatic nitrogens is 1. The second-order valence-corrected chi connectivity index (χ2v) is 8.38. The van der Waals surface area contributed by atoms with Crippen LogP contribution in [0.2, 0.25) is 0 Å². The third kappa shape index (κ3) is 5.69. The average Bonchev–Trinajstić information content (AvgIpc) is 3.07. The monoisotopic (exact) mass is 413 g/mol. The first-order valence-electron chi connectivity index (χ1n) is 10.5. The molecule has 1 saturated carbocycles. The van der Waals surface area contributed by atoms with Gasteiger partial charge in [-0.05, 0) is 57.1 Å². The Balaban J connectivity index is 1.55. The van der Waals surface area contributed by atoms with Gasteiger partial charge in [-0.2, -0.15) is 0 Å². The fraction of sp³-hybridized carbons (Fsp3) is 0.522. The first-order chi connectivity index (χ1) is 14.3. The summed E-state index contributed by atoms with van der Waals surface area (Å²) < 4.78 is 11.8. The summed E-state index contributed by atoms with van der Waals surface area (Å²) in [5.41, 5.74) is 13.7. The number of hydrogen-bond donors (Lipinski definition) is 2. The molecule has 162 valence electrons. The van der Waals surface area contributed by atoms with E-state index < -0.39 is 17.7 Å². The molecular formula is C23H31N3O4. The summed E-state index contributed by atoms with van der Waals surface area (Å²) in [7, 11) is 0. The Morgan fingerprint density at radius 3 is 2.77 bits per heavy atom. The Morgan fingerprint density at radius 1 is 1.27 bits per heavy atom. The molecule has 0 aliphatic heterocycles. The van der Waals surface area contributed by atoms with E-state index in [0.717, 1.165) is 48.3 Å². The Bertz CT molecular complexity index is 892. The third-order valence-corrected chi connectivity index (χ3v) is 5.93. The smallest absolute Gasteiger partial charge is 0.226 e. The molecule has 1 heterocycles. The molecule has 1 aromatic heterocycles. The number of aryl methyl sites for hydroxylation is 2. The minimum absolute atomic E-state index is 0.0213. The molecule has 1 fully saturated rings. The highest BCUT2D eigenvalue weighted by atomic mass is 16.5. The molecule has 1 aliphatic rings. The van der Waals surface area contributed by atoms with Crippen LogP contribution in [-0.2, 0) is 20.9 Å². The molecule has 3 unspecified atom stereocenters. The van der Waals surface area contributed by atoms with Crippen molar-refractivity contribution in [3.63, 3.8) is 0 Å². The SMILES string of the molecule is Cc1cccc(-c2nc(COCC3CCCC(C(CC(N)=O)C(N)=O)C3)c(C)o2)c1. The summed E-state index contributed by atoms with van der Waals surface area (Å²) in [5.74, 6) is 0.345. The summed E-state index contributed by atoms with van der Waals surface area (Å²) in [6.07, 6.45) is 3.74. The molecule has 0 bridgehead atoms. The first-order valence-corrected chi connectivity index (χ1v) is 10.5. The number of ether oxygens (including phenoxy) is 1.